The summed E-state index contributed by atoms with van der Waals surface area (Å²) < 4.78 is 16.0. The van der Waals surface area contributed by atoms with E-state index in [9.17, 15) is 14.4 Å². The number of carbonyl (C=O) groups is 3. The highest BCUT2D eigenvalue weighted by Crippen LogP contribution is 2.35. The third-order valence-corrected chi connectivity index (χ3v) is 6.14. The second-order valence-corrected chi connectivity index (χ2v) is 8.54. The summed E-state index contributed by atoms with van der Waals surface area (Å²) in [6.45, 7) is 6.62. The molecule has 0 spiro atoms. The first-order valence-corrected chi connectivity index (χ1v) is 11.6. The van der Waals surface area contributed by atoms with Crippen LogP contribution in [0.3, 0.4) is 0 Å². The molecular formula is C25H27N3O6S. The smallest absolute Gasteiger partial charge is 0.340 e. The van der Waals surface area contributed by atoms with E-state index in [2.05, 4.69) is 10.3 Å². The third-order valence-electron chi connectivity index (χ3n) is 5.27. The number of esters is 1. The molecule has 0 atom stereocenters. The van der Waals surface area contributed by atoms with Crippen LogP contribution in [0.15, 0.2) is 35.7 Å². The Balaban J connectivity index is 1.83. The van der Waals surface area contributed by atoms with Gasteiger partial charge in [0.25, 0.3) is 0 Å². The van der Waals surface area contributed by atoms with E-state index in [1.54, 1.807) is 10.3 Å². The molecule has 184 valence electrons. The molecule has 3 rings (SSSR count). The van der Waals surface area contributed by atoms with Gasteiger partial charge in [0.15, 0.2) is 16.6 Å². The van der Waals surface area contributed by atoms with Crippen molar-refractivity contribution < 1.29 is 28.6 Å². The lowest BCUT2D eigenvalue weighted by atomic mass is 10.1. The summed E-state index contributed by atoms with van der Waals surface area (Å²) in [5.41, 5.74) is 3.61. The number of amides is 2. The topological polar surface area (TPSA) is 107 Å². The Kier molecular flexibility index (Phi) is 8.08. The van der Waals surface area contributed by atoms with E-state index >= 15 is 0 Å². The molecule has 2 amide bonds. The molecule has 0 aliphatic heterocycles. The number of hydrogen-bond acceptors (Lipinski definition) is 8. The van der Waals surface area contributed by atoms with Gasteiger partial charge in [-0.15, -0.1) is 11.3 Å². The zero-order valence-corrected chi connectivity index (χ0v) is 21.2. The normalized spacial score (nSPS) is 10.5. The fourth-order valence-electron chi connectivity index (χ4n) is 3.41. The number of aryl methyl sites for hydroxylation is 1. The summed E-state index contributed by atoms with van der Waals surface area (Å²) in [5.74, 6) is -0.543. The molecule has 1 N–H and O–H groups in total. The molecule has 1 heterocycles. The fraction of sp³-hybridized carbons (Fsp3) is 0.280. The highest BCUT2D eigenvalue weighted by Gasteiger charge is 2.22. The molecule has 0 saturated heterocycles. The van der Waals surface area contributed by atoms with Gasteiger partial charge in [0, 0.05) is 31.4 Å². The Morgan fingerprint density at radius 2 is 1.74 bits per heavy atom. The van der Waals surface area contributed by atoms with Gasteiger partial charge in [-0.05, 0) is 31.0 Å². The number of methoxy groups -OCH3 is 2. The van der Waals surface area contributed by atoms with E-state index in [-0.39, 0.29) is 29.7 Å². The van der Waals surface area contributed by atoms with Crippen molar-refractivity contribution in [2.75, 3.05) is 24.4 Å². The summed E-state index contributed by atoms with van der Waals surface area (Å²) in [5, 5.41) is 4.81. The Morgan fingerprint density at radius 1 is 1.06 bits per heavy atom. The van der Waals surface area contributed by atoms with Gasteiger partial charge < -0.3 is 19.5 Å². The molecule has 0 unspecified atom stereocenters. The van der Waals surface area contributed by atoms with E-state index in [4.69, 9.17) is 14.2 Å². The van der Waals surface area contributed by atoms with E-state index in [1.807, 2.05) is 32.0 Å². The van der Waals surface area contributed by atoms with Gasteiger partial charge in [-0.2, -0.15) is 0 Å². The maximum atomic E-state index is 12.9. The number of hydrogen-bond donors (Lipinski definition) is 1. The minimum atomic E-state index is -0.679. The van der Waals surface area contributed by atoms with Gasteiger partial charge in [0.1, 0.15) is 6.61 Å². The van der Waals surface area contributed by atoms with Gasteiger partial charge in [-0.3, -0.25) is 14.5 Å². The Morgan fingerprint density at radius 3 is 2.37 bits per heavy atom. The molecule has 35 heavy (non-hydrogen) atoms. The lowest BCUT2D eigenvalue weighted by molar-refractivity contribution is -0.116. The van der Waals surface area contributed by atoms with Crippen molar-refractivity contribution in [2.45, 2.75) is 34.3 Å². The monoisotopic (exact) mass is 497 g/mol. The number of anilines is 3. The van der Waals surface area contributed by atoms with Gasteiger partial charge >= 0.3 is 5.97 Å². The van der Waals surface area contributed by atoms with Crippen LogP contribution in [0.25, 0.3) is 0 Å². The van der Waals surface area contributed by atoms with Crippen LogP contribution in [0, 0.1) is 13.8 Å². The SMILES string of the molecule is COc1cc(NC(C)=O)c(C(=O)OCc2csc(N(C(C)=O)c3cccc(C)c3C)n2)cc1OC. The van der Waals surface area contributed by atoms with Gasteiger partial charge in [0.05, 0.1) is 36.9 Å². The Labute approximate surface area is 207 Å². The lowest BCUT2D eigenvalue weighted by Crippen LogP contribution is -2.23. The molecule has 9 nitrogen and oxygen atoms in total. The van der Waals surface area contributed by atoms with Gasteiger partial charge in [-0.25, -0.2) is 9.78 Å². The van der Waals surface area contributed by atoms with Crippen LogP contribution >= 0.6 is 11.3 Å². The molecular weight excluding hydrogens is 470 g/mol. The number of rotatable bonds is 8. The molecule has 2 aromatic carbocycles. The summed E-state index contributed by atoms with van der Waals surface area (Å²) >= 11 is 1.27. The average Bonchev–Trinajstić information content (AvgIpc) is 3.27. The molecule has 1 aromatic heterocycles. The maximum absolute atomic E-state index is 12.9. The highest BCUT2D eigenvalue weighted by molar-refractivity contribution is 7.14. The number of nitrogens with one attached hydrogen (secondary N) is 1. The number of carbonyl (C=O) groups excluding carboxylic acids is 3. The zero-order chi connectivity index (χ0) is 25.7. The van der Waals surface area contributed by atoms with Gasteiger partial charge in [0.2, 0.25) is 11.8 Å². The molecule has 0 bridgehead atoms. The first-order valence-electron chi connectivity index (χ1n) is 10.7. The van der Waals surface area contributed by atoms with Crippen molar-refractivity contribution in [1.29, 1.82) is 0 Å². The minimum Gasteiger partial charge on any atom is -0.493 e. The maximum Gasteiger partial charge on any atom is 0.340 e. The molecule has 10 heteroatoms. The number of aromatic nitrogens is 1. The van der Waals surface area contributed by atoms with E-state index in [1.165, 1.54) is 51.5 Å². The first kappa shape index (κ1) is 25.7. The summed E-state index contributed by atoms with van der Waals surface area (Å²) in [6, 6.07) is 8.67. The minimum absolute atomic E-state index is 0.106. The Hall–Kier alpha value is -3.92. The predicted molar refractivity (Wildman–Crippen MR) is 134 cm³/mol. The quantitative estimate of drug-likeness (QED) is 0.447. The predicted octanol–water partition coefficient (Wildman–Crippen LogP) is 4.78. The van der Waals surface area contributed by atoms with Crippen LogP contribution in [0.1, 0.15) is 41.0 Å². The second kappa shape index (κ2) is 11.0. The molecule has 0 aliphatic rings. The van der Waals surface area contributed by atoms with Crippen molar-refractivity contribution in [3.8, 4) is 11.5 Å². The van der Waals surface area contributed by atoms with Crippen LogP contribution in [-0.2, 0) is 20.9 Å². The number of nitrogens with zero attached hydrogens (tertiary/aromatic N) is 2. The Bertz CT molecular complexity index is 1270. The number of thiazole rings is 1. The largest absolute Gasteiger partial charge is 0.493 e. The van der Waals surface area contributed by atoms with E-state index in [0.29, 0.717) is 22.3 Å². The molecule has 0 aliphatic carbocycles. The highest BCUT2D eigenvalue weighted by atomic mass is 32.1. The van der Waals surface area contributed by atoms with Crippen molar-refractivity contribution >= 4 is 45.6 Å². The van der Waals surface area contributed by atoms with Gasteiger partial charge in [-0.1, -0.05) is 12.1 Å². The van der Waals surface area contributed by atoms with Crippen molar-refractivity contribution in [3.63, 3.8) is 0 Å². The van der Waals surface area contributed by atoms with Crippen molar-refractivity contribution in [1.82, 2.24) is 4.98 Å². The standard InChI is InChI=1S/C25H27N3O6S/c1-14-8-7-9-21(15(14)2)28(17(4)30)25-27-18(13-35-25)12-34-24(31)19-10-22(32-5)23(33-6)11-20(19)26-16(3)29/h7-11,13H,12H2,1-6H3,(H,26,29). The zero-order valence-electron chi connectivity index (χ0n) is 20.4. The van der Waals surface area contributed by atoms with Crippen LogP contribution in [0.4, 0.5) is 16.5 Å². The lowest BCUT2D eigenvalue weighted by Gasteiger charge is -2.21. The van der Waals surface area contributed by atoms with Crippen LogP contribution in [0.2, 0.25) is 0 Å². The van der Waals surface area contributed by atoms with Crippen molar-refractivity contribution in [3.05, 3.63) is 58.1 Å². The molecule has 0 fully saturated rings. The van der Waals surface area contributed by atoms with E-state index < -0.39 is 5.97 Å². The fourth-order valence-corrected chi connectivity index (χ4v) is 4.27. The summed E-state index contributed by atoms with van der Waals surface area (Å²) in [7, 11) is 2.90. The summed E-state index contributed by atoms with van der Waals surface area (Å²) in [4.78, 5) is 43.0. The molecule has 0 radical (unpaired) electrons. The van der Waals surface area contributed by atoms with E-state index in [0.717, 1.165) is 16.8 Å². The number of benzene rings is 2. The van der Waals surface area contributed by atoms with Crippen LogP contribution in [0.5, 0.6) is 11.5 Å². The summed E-state index contributed by atoms with van der Waals surface area (Å²) in [6.07, 6.45) is 0. The van der Waals surface area contributed by atoms with Crippen molar-refractivity contribution in [2.24, 2.45) is 0 Å². The van der Waals surface area contributed by atoms with Crippen LogP contribution < -0.4 is 19.7 Å². The first-order chi connectivity index (χ1) is 16.7. The second-order valence-electron chi connectivity index (χ2n) is 7.70. The van der Waals surface area contributed by atoms with Crippen LogP contribution in [-0.4, -0.2) is 37.0 Å². The average molecular weight is 498 g/mol. The number of ether oxygens (including phenoxy) is 3. The molecule has 0 saturated carbocycles. The third kappa shape index (κ3) is 5.78. The molecule has 3 aromatic rings.